The molecule has 1 saturated heterocycles. The lowest BCUT2D eigenvalue weighted by molar-refractivity contribution is -0.347. The molecule has 2 amide bonds. The average molecular weight is 1100 g/mol. The number of nitrogens with one attached hydrogen (secondary N) is 2. The van der Waals surface area contributed by atoms with Gasteiger partial charge in [-0.2, -0.15) is 0 Å². The number of carboxylic acids is 1. The largest absolute Gasteiger partial charge is 0.790 e. The first-order valence-electron chi connectivity index (χ1n) is 24.1. The second-order valence-electron chi connectivity index (χ2n) is 20.4. The van der Waals surface area contributed by atoms with Gasteiger partial charge in [-0.15, -0.1) is 0 Å². The van der Waals surface area contributed by atoms with E-state index in [1.54, 1.807) is 0 Å². The van der Waals surface area contributed by atoms with Crippen molar-refractivity contribution in [2.24, 2.45) is 16.2 Å². The van der Waals surface area contributed by atoms with Crippen LogP contribution in [-0.4, -0.2) is 109 Å². The number of aliphatic hydroxyl groups is 2. The maximum absolute atomic E-state index is 12.8. The number of aromatic nitrogens is 4. The van der Waals surface area contributed by atoms with Crippen LogP contribution in [0.3, 0.4) is 0 Å². The fourth-order valence-electron chi connectivity index (χ4n) is 8.68. The van der Waals surface area contributed by atoms with Gasteiger partial charge >= 0.3 is 5.97 Å². The number of aliphatic hydroxyl groups excluding tert-OH is 2. The molecule has 7 N–H and O–H groups in total. The molecular weight excluding hydrogens is 1040 g/mol. The fraction of sp³-hybridized carbons (Fsp3) is 0.667. The summed E-state index contributed by atoms with van der Waals surface area (Å²) in [6, 6.07) is 8.57. The number of ketones is 1. The number of unbranched alkanes of at least 4 members (excludes halogenated alkanes) is 2. The van der Waals surface area contributed by atoms with E-state index in [-0.39, 0.29) is 65.9 Å². The Morgan fingerprint density at radius 3 is 2.23 bits per heavy atom. The first-order chi connectivity index (χ1) is 34.5. The highest BCUT2D eigenvalue weighted by Gasteiger charge is 2.48. The Morgan fingerprint density at radius 2 is 1.58 bits per heavy atom. The normalized spacial score (nSPS) is 20.9. The lowest BCUT2D eigenvalue weighted by Crippen LogP contribution is -2.46. The number of aliphatic carboxylic acids is 1. The Morgan fingerprint density at radius 1 is 0.932 bits per heavy atom. The molecule has 1 aromatic carbocycles. The van der Waals surface area contributed by atoms with Crippen molar-refractivity contribution in [1.82, 2.24) is 30.2 Å². The van der Waals surface area contributed by atoms with Gasteiger partial charge in [-0.05, 0) is 73.3 Å². The van der Waals surface area contributed by atoms with Crippen molar-refractivity contribution in [3.8, 4) is 0 Å². The van der Waals surface area contributed by atoms with Gasteiger partial charge in [0.2, 0.25) is 11.8 Å². The topological polar surface area (TPSA) is 412 Å². The molecule has 2 aromatic heterocycles. The Labute approximate surface area is 428 Å². The number of nitrogen functional groups attached to an aromatic ring is 1. The average Bonchev–Trinajstić information content (AvgIpc) is 3.79. The van der Waals surface area contributed by atoms with E-state index in [1.165, 1.54) is 25.0 Å². The molecule has 0 spiro atoms. The predicted molar refractivity (Wildman–Crippen MR) is 254 cm³/mol. The van der Waals surface area contributed by atoms with Gasteiger partial charge in [-0.1, -0.05) is 64.8 Å². The van der Waals surface area contributed by atoms with Gasteiger partial charge < -0.3 is 74.1 Å². The zero-order valence-corrected chi connectivity index (χ0v) is 44.3. The zero-order chi connectivity index (χ0) is 54.7. The number of carboxylic acid groups (broad SMARTS) is 1. The molecular formula is C45H66N7O19P3-4. The van der Waals surface area contributed by atoms with E-state index in [0.717, 1.165) is 81.4 Å². The molecule has 2 aliphatic rings. The maximum atomic E-state index is 12.8. The maximum Gasteiger partial charge on any atom is 0.303 e. The van der Waals surface area contributed by atoms with Crippen molar-refractivity contribution in [2.45, 2.75) is 148 Å². The van der Waals surface area contributed by atoms with Gasteiger partial charge in [0.25, 0.3) is 15.6 Å². The van der Waals surface area contributed by atoms with E-state index < -0.39 is 90.5 Å². The van der Waals surface area contributed by atoms with Crippen LogP contribution in [0, 0.1) is 16.2 Å². The molecule has 2 fully saturated rings. The lowest BCUT2D eigenvalue weighted by atomic mass is 9.81. The number of carbonyl (C=O) groups is 4. The molecule has 3 aromatic rings. The highest BCUT2D eigenvalue weighted by Crippen LogP contribution is 2.57. The van der Waals surface area contributed by atoms with Crippen molar-refractivity contribution in [3.63, 3.8) is 0 Å². The van der Waals surface area contributed by atoms with Crippen LogP contribution in [0.4, 0.5) is 5.82 Å². The highest BCUT2D eigenvalue weighted by atomic mass is 31.3. The molecule has 1 saturated carbocycles. The van der Waals surface area contributed by atoms with E-state index in [4.69, 9.17) is 15.6 Å². The van der Waals surface area contributed by atoms with E-state index in [2.05, 4.69) is 67.7 Å². The molecule has 414 valence electrons. The first kappa shape index (κ1) is 60.8. The van der Waals surface area contributed by atoms with Crippen LogP contribution in [0.25, 0.3) is 11.2 Å². The van der Waals surface area contributed by atoms with E-state index in [0.29, 0.717) is 6.42 Å². The highest BCUT2D eigenvalue weighted by molar-refractivity contribution is 7.59. The van der Waals surface area contributed by atoms with Gasteiger partial charge in [0, 0.05) is 37.8 Å². The van der Waals surface area contributed by atoms with E-state index in [1.807, 2.05) is 13.8 Å². The second-order valence-corrected chi connectivity index (χ2v) is 24.5. The molecule has 5 rings (SSSR count). The van der Waals surface area contributed by atoms with Crippen LogP contribution in [0.5, 0.6) is 0 Å². The standard InChI is InChI=1S/C45H70N7O19P3/c1-43(2,16-7-5-10-29-12-9-13-30(22-29)11-6-8-17-45(18-19-45)24-34(55)56)23-31(53)14-20-47-33(54)15-21-48-41(59)38(58)44(3,4)26-68-74(65,66)71-73(63,64)67-25-32-37(70-72(60,61)62)36(57)42(69-32)52-28-51-35-39(46)49-27-50-40(35)52/h9,12-13,22,27-28,32,36-38,42,57-58H,5-8,10-11,14-21,23-26H2,1-4H3,(H,47,54)(H,48,59)(H,55,56)(H,63,64)(H,65,66)(H2,46,49,50)(H2,60,61,62)/p-4. The van der Waals surface area contributed by atoms with Crippen LogP contribution in [0.1, 0.15) is 122 Å². The number of hydrogen-bond donors (Lipinski definition) is 6. The number of nitrogens with two attached hydrogens (primary N) is 1. The monoisotopic (exact) mass is 1100 g/mol. The summed E-state index contributed by atoms with van der Waals surface area (Å²) < 4.78 is 61.0. The Kier molecular flexibility index (Phi) is 21.2. The first-order valence-corrected chi connectivity index (χ1v) is 28.5. The van der Waals surface area contributed by atoms with Gasteiger partial charge in [0.05, 0.1) is 33.8 Å². The summed E-state index contributed by atoms with van der Waals surface area (Å²) in [4.78, 5) is 109. The lowest BCUT2D eigenvalue weighted by Gasteiger charge is -2.36. The number of ether oxygens (including phenoxy) is 1. The minimum Gasteiger partial charge on any atom is -0.790 e. The zero-order valence-electron chi connectivity index (χ0n) is 41.7. The van der Waals surface area contributed by atoms with Gasteiger partial charge in [-0.3, -0.25) is 32.9 Å². The summed E-state index contributed by atoms with van der Waals surface area (Å²) >= 11 is 0. The molecule has 74 heavy (non-hydrogen) atoms. The minimum atomic E-state index is -5.94. The van der Waals surface area contributed by atoms with E-state index >= 15 is 0 Å². The summed E-state index contributed by atoms with van der Waals surface area (Å²) in [5.41, 5.74) is 6.38. The number of Topliss-reactive ketones (excluding diaryl/α,β-unsaturated/α-hetero) is 1. The Hall–Kier alpha value is -4.10. The molecule has 0 radical (unpaired) electrons. The molecule has 7 atom stereocenters. The fourth-order valence-corrected chi connectivity index (χ4v) is 11.4. The molecule has 7 unspecified atom stereocenters. The third-order valence-corrected chi connectivity index (χ3v) is 15.9. The summed E-state index contributed by atoms with van der Waals surface area (Å²) in [5.74, 6) is -2.33. The number of nitrogens with zero attached hydrogens (tertiary/aromatic N) is 4. The SMILES string of the molecule is CC(C)(CCCCc1cccc(CCCCC2(CC(=O)O)CC2)c1)CC(=O)CCNC(=O)CCNC(=O)C(O)C(C)(C)COP(=O)([O-])OP(=O)([O-])OCC1OC(n2cnc3c(N)ncnc32)C(O)C1OP(=O)([O-])[O-]. The van der Waals surface area contributed by atoms with Crippen LogP contribution in [0.15, 0.2) is 36.9 Å². The van der Waals surface area contributed by atoms with Gasteiger partial charge in [0.15, 0.2) is 17.7 Å². The molecule has 26 nitrogen and oxygen atoms in total. The number of phosphoric ester groups is 3. The molecule has 3 heterocycles. The quantitative estimate of drug-likeness (QED) is 0.0373. The van der Waals surface area contributed by atoms with E-state index in [9.17, 15) is 62.7 Å². The van der Waals surface area contributed by atoms with Crippen LogP contribution >= 0.6 is 23.5 Å². The number of aryl methyl sites for hydroxylation is 2. The smallest absolute Gasteiger partial charge is 0.303 e. The van der Waals surface area contributed by atoms with Crippen molar-refractivity contribution < 1.29 is 90.4 Å². The number of phosphoric acid groups is 3. The molecule has 0 bridgehead atoms. The summed E-state index contributed by atoms with van der Waals surface area (Å²) in [6.07, 6.45) is 2.68. The number of amides is 2. The van der Waals surface area contributed by atoms with Crippen molar-refractivity contribution in [1.29, 1.82) is 0 Å². The van der Waals surface area contributed by atoms with Gasteiger partial charge in [0.1, 0.15) is 42.0 Å². The van der Waals surface area contributed by atoms with Crippen molar-refractivity contribution in [2.75, 3.05) is 32.0 Å². The number of fused-ring (bicyclic) bond motifs is 1. The third-order valence-electron chi connectivity index (χ3n) is 12.9. The van der Waals surface area contributed by atoms with Crippen molar-refractivity contribution >= 4 is 64.0 Å². The molecule has 1 aliphatic carbocycles. The number of benzene rings is 1. The predicted octanol–water partition coefficient (Wildman–Crippen LogP) is 1.63. The third kappa shape index (κ3) is 19.2. The second kappa shape index (κ2) is 25.8. The van der Waals surface area contributed by atoms with Crippen LogP contribution in [0.2, 0.25) is 0 Å². The van der Waals surface area contributed by atoms with Crippen LogP contribution in [-0.2, 0) is 68.3 Å². The van der Waals surface area contributed by atoms with Crippen molar-refractivity contribution in [3.05, 3.63) is 48.0 Å². The number of anilines is 1. The summed E-state index contributed by atoms with van der Waals surface area (Å²) in [7, 11) is -17.7. The molecule has 1 aliphatic heterocycles. The Bertz CT molecular complexity index is 2570. The number of imidazole rings is 1. The van der Waals surface area contributed by atoms with Crippen LogP contribution < -0.4 is 35.9 Å². The number of hydrogen-bond acceptors (Lipinski definition) is 22. The number of carbonyl (C=O) groups excluding carboxylic acids is 3. The summed E-state index contributed by atoms with van der Waals surface area (Å²) in [5, 5.41) is 35.7. The molecule has 29 heteroatoms. The van der Waals surface area contributed by atoms with Gasteiger partial charge in [-0.25, -0.2) is 19.3 Å². The summed E-state index contributed by atoms with van der Waals surface area (Å²) in [6.45, 7) is 4.00. The number of rotatable bonds is 33. The Balaban J connectivity index is 0.952. The minimum absolute atomic E-state index is 0.0183.